The van der Waals surface area contributed by atoms with Gasteiger partial charge in [0, 0.05) is 23.9 Å². The molecule has 0 saturated heterocycles. The Morgan fingerprint density at radius 3 is 2.42 bits per heavy atom. The van der Waals surface area contributed by atoms with E-state index >= 15 is 0 Å². The van der Waals surface area contributed by atoms with Gasteiger partial charge in [0.2, 0.25) is 5.91 Å². The number of hydrogen-bond donors (Lipinski definition) is 2. The van der Waals surface area contributed by atoms with Crippen molar-refractivity contribution in [2.24, 2.45) is 0 Å². The maximum atomic E-state index is 11.9. The fourth-order valence-electron chi connectivity index (χ4n) is 1.31. The monoisotopic (exact) mass is 265 g/mol. The van der Waals surface area contributed by atoms with Gasteiger partial charge in [-0.15, -0.1) is 0 Å². The Morgan fingerprint density at radius 2 is 1.89 bits per heavy atom. The molecule has 0 unspecified atom stereocenters. The average molecular weight is 265 g/mol. The van der Waals surface area contributed by atoms with Crippen molar-refractivity contribution in [2.45, 2.75) is 0 Å². The number of likely N-dealkylation sites (N-methyl/N-ethyl adjacent to an activating group) is 1. The molecule has 1 rings (SSSR count). The van der Waals surface area contributed by atoms with Crippen molar-refractivity contribution in [2.75, 3.05) is 26.0 Å². The molecule has 1 aromatic carbocycles. The summed E-state index contributed by atoms with van der Waals surface area (Å²) in [5.41, 5.74) is 1.76. The fraction of sp³-hybridized carbons (Fsp3) is 0.231. The van der Waals surface area contributed by atoms with E-state index < -0.39 is 5.91 Å². The number of anilines is 1. The van der Waals surface area contributed by atoms with Gasteiger partial charge in [-0.3, -0.25) is 9.59 Å². The van der Waals surface area contributed by atoms with Gasteiger partial charge in [0.05, 0.1) is 0 Å². The molecule has 6 heteroatoms. The first-order valence-corrected chi connectivity index (χ1v) is 5.66. The second kappa shape index (κ2) is 7.27. The Labute approximate surface area is 111 Å². The van der Waals surface area contributed by atoms with Gasteiger partial charge in [-0.2, -0.15) is 5.54 Å². The lowest BCUT2D eigenvalue weighted by Crippen LogP contribution is -2.14. The van der Waals surface area contributed by atoms with Gasteiger partial charge in [0.25, 0.3) is 5.91 Å². The van der Waals surface area contributed by atoms with Gasteiger partial charge in [-0.1, -0.05) is 10.6 Å². The highest BCUT2D eigenvalue weighted by Crippen LogP contribution is 2.09. The van der Waals surface area contributed by atoms with E-state index in [0.717, 1.165) is 5.54 Å². The predicted molar refractivity (Wildman–Crippen MR) is 71.3 cm³/mol. The molecule has 0 saturated carbocycles. The topological polar surface area (TPSA) is 61.4 Å². The first-order chi connectivity index (χ1) is 9.02. The molecule has 19 heavy (non-hydrogen) atoms. The Bertz CT molecular complexity index is 469. The molecule has 0 aliphatic carbocycles. The van der Waals surface area contributed by atoms with E-state index in [1.165, 1.54) is 30.3 Å². The molecule has 0 spiro atoms. The first kappa shape index (κ1) is 14.8. The molecule has 0 radical (unpaired) electrons. The summed E-state index contributed by atoms with van der Waals surface area (Å²) in [5, 5.41) is 2.63. The Morgan fingerprint density at radius 1 is 1.26 bits per heavy atom. The van der Waals surface area contributed by atoms with Crippen LogP contribution in [0.15, 0.2) is 36.4 Å². The summed E-state index contributed by atoms with van der Waals surface area (Å²) in [5.74, 6) is -1.08. The van der Waals surface area contributed by atoms with Crippen LogP contribution in [0.5, 0.6) is 0 Å². The zero-order valence-electron chi connectivity index (χ0n) is 10.8. The highest BCUT2D eigenvalue weighted by Gasteiger charge is 2.04. The summed E-state index contributed by atoms with van der Waals surface area (Å²) in [6.07, 6.45) is 3.17. The summed E-state index contributed by atoms with van der Waals surface area (Å²) in [6.45, 7) is 0.670. The van der Waals surface area contributed by atoms with E-state index in [1.807, 2.05) is 19.0 Å². The largest absolute Gasteiger partial charge is 0.323 e. The lowest BCUT2D eigenvalue weighted by Gasteiger charge is -2.05. The minimum atomic E-state index is -0.816. The van der Waals surface area contributed by atoms with Crippen LogP contribution in [0.1, 0.15) is 10.4 Å². The highest BCUT2D eigenvalue weighted by molar-refractivity contribution is 6.00. The number of nitrogens with zero attached hydrogens (tertiary/aromatic N) is 1. The number of carbonyl (C=O) groups is 2. The van der Waals surface area contributed by atoms with Crippen LogP contribution in [0.4, 0.5) is 10.2 Å². The number of nitrogens with one attached hydrogen (secondary N) is 2. The zero-order valence-corrected chi connectivity index (χ0v) is 10.8. The number of rotatable bonds is 5. The standard InChI is InChI=1S/C13H16FN3O2/c1-17(2)9-3-4-12(18)15-11-7-5-10(6-8-11)13(19)16-14/h3-8H,9H2,1-2H3,(H,15,18)(H,16,19)/b4-3+. The third-order valence-corrected chi connectivity index (χ3v) is 2.24. The SMILES string of the molecule is CN(C)C/C=C/C(=O)Nc1ccc(C(=O)NF)cc1. The number of halogens is 1. The van der Waals surface area contributed by atoms with Crippen LogP contribution in [-0.4, -0.2) is 37.4 Å². The number of benzene rings is 1. The molecule has 5 nitrogen and oxygen atoms in total. The summed E-state index contributed by atoms with van der Waals surface area (Å²) >= 11 is 0. The van der Waals surface area contributed by atoms with Crippen molar-refractivity contribution in [3.05, 3.63) is 42.0 Å². The molecule has 0 aliphatic rings. The minimum absolute atomic E-state index is 0.184. The molecule has 0 bridgehead atoms. The average Bonchev–Trinajstić information content (AvgIpc) is 2.38. The summed E-state index contributed by atoms with van der Waals surface area (Å²) < 4.78 is 11.9. The summed E-state index contributed by atoms with van der Waals surface area (Å²) in [7, 11) is 3.80. The van der Waals surface area contributed by atoms with Crippen molar-refractivity contribution >= 4 is 17.5 Å². The lowest BCUT2D eigenvalue weighted by atomic mass is 10.2. The normalized spacial score (nSPS) is 10.7. The number of carbonyl (C=O) groups excluding carboxylic acids is 2. The summed E-state index contributed by atoms with van der Waals surface area (Å²) in [6, 6.07) is 5.91. The second-order valence-electron chi connectivity index (χ2n) is 4.15. The Hall–Kier alpha value is -2.21. The van der Waals surface area contributed by atoms with E-state index in [2.05, 4.69) is 5.32 Å². The third kappa shape index (κ3) is 5.31. The molecule has 0 fully saturated rings. The van der Waals surface area contributed by atoms with Gasteiger partial charge in [0.15, 0.2) is 0 Å². The molecule has 0 aromatic heterocycles. The maximum Gasteiger partial charge on any atom is 0.278 e. The van der Waals surface area contributed by atoms with Gasteiger partial charge in [-0.25, -0.2) is 0 Å². The van der Waals surface area contributed by atoms with Crippen molar-refractivity contribution in [1.82, 2.24) is 10.4 Å². The Kier molecular flexibility index (Phi) is 5.69. The van der Waals surface area contributed by atoms with Crippen molar-refractivity contribution in [1.29, 1.82) is 0 Å². The fourth-order valence-corrected chi connectivity index (χ4v) is 1.31. The van der Waals surface area contributed by atoms with Crippen LogP contribution >= 0.6 is 0 Å². The van der Waals surface area contributed by atoms with Crippen LogP contribution in [0.3, 0.4) is 0 Å². The molecular weight excluding hydrogens is 249 g/mol. The molecular formula is C13H16FN3O2. The number of hydrogen-bond acceptors (Lipinski definition) is 3. The van der Waals surface area contributed by atoms with E-state index in [4.69, 9.17) is 0 Å². The van der Waals surface area contributed by atoms with Gasteiger partial charge in [0.1, 0.15) is 0 Å². The van der Waals surface area contributed by atoms with Crippen molar-refractivity contribution < 1.29 is 14.1 Å². The zero-order chi connectivity index (χ0) is 14.3. The highest BCUT2D eigenvalue weighted by atomic mass is 19.2. The quantitative estimate of drug-likeness (QED) is 0.624. The minimum Gasteiger partial charge on any atom is -0.323 e. The first-order valence-electron chi connectivity index (χ1n) is 5.66. The van der Waals surface area contributed by atoms with Crippen LogP contribution in [0.2, 0.25) is 0 Å². The van der Waals surface area contributed by atoms with Crippen LogP contribution < -0.4 is 10.9 Å². The second-order valence-corrected chi connectivity index (χ2v) is 4.15. The van der Waals surface area contributed by atoms with E-state index in [0.29, 0.717) is 12.2 Å². The molecule has 1 aromatic rings. The van der Waals surface area contributed by atoms with Gasteiger partial charge >= 0.3 is 0 Å². The smallest absolute Gasteiger partial charge is 0.278 e. The number of amides is 2. The maximum absolute atomic E-state index is 11.9. The van der Waals surface area contributed by atoms with Crippen LogP contribution in [0.25, 0.3) is 0 Å². The van der Waals surface area contributed by atoms with Crippen LogP contribution in [0, 0.1) is 0 Å². The van der Waals surface area contributed by atoms with Gasteiger partial charge in [-0.05, 0) is 38.4 Å². The van der Waals surface area contributed by atoms with Crippen molar-refractivity contribution in [3.8, 4) is 0 Å². The van der Waals surface area contributed by atoms with E-state index in [9.17, 15) is 14.1 Å². The summed E-state index contributed by atoms with van der Waals surface area (Å²) in [4.78, 5) is 24.4. The third-order valence-electron chi connectivity index (χ3n) is 2.24. The Balaban J connectivity index is 2.56. The van der Waals surface area contributed by atoms with Gasteiger partial charge < -0.3 is 10.2 Å². The predicted octanol–water partition coefficient (Wildman–Crippen LogP) is 1.36. The van der Waals surface area contributed by atoms with E-state index in [-0.39, 0.29) is 11.5 Å². The molecule has 0 atom stereocenters. The van der Waals surface area contributed by atoms with E-state index in [1.54, 1.807) is 6.08 Å². The van der Waals surface area contributed by atoms with Crippen molar-refractivity contribution in [3.63, 3.8) is 0 Å². The molecule has 2 amide bonds. The molecule has 102 valence electrons. The van der Waals surface area contributed by atoms with Crippen LogP contribution in [-0.2, 0) is 4.79 Å². The molecule has 0 aliphatic heterocycles. The lowest BCUT2D eigenvalue weighted by molar-refractivity contribution is -0.111. The molecule has 2 N–H and O–H groups in total. The molecule has 0 heterocycles.